The summed E-state index contributed by atoms with van der Waals surface area (Å²) in [5, 5.41) is 15.9. The fourth-order valence-electron chi connectivity index (χ4n) is 2.33. The van der Waals surface area contributed by atoms with E-state index in [1.807, 2.05) is 44.2 Å². The van der Waals surface area contributed by atoms with Crippen molar-refractivity contribution in [2.45, 2.75) is 52.2 Å². The Morgan fingerprint density at radius 2 is 1.87 bits per heavy atom. The molecule has 1 aromatic carbocycles. The number of hydrogen-bond acceptors (Lipinski definition) is 3. The van der Waals surface area contributed by atoms with Crippen LogP contribution in [0.25, 0.3) is 0 Å². The molecule has 3 N–H and O–H groups in total. The maximum Gasteiger partial charge on any atom is 0.222 e. The van der Waals surface area contributed by atoms with Crippen molar-refractivity contribution < 1.29 is 14.7 Å². The smallest absolute Gasteiger partial charge is 0.222 e. The normalized spacial score (nSPS) is 16.0. The van der Waals surface area contributed by atoms with Crippen LogP contribution in [-0.4, -0.2) is 29.1 Å². The highest BCUT2D eigenvalue weighted by Gasteiger charge is 2.28. The van der Waals surface area contributed by atoms with Gasteiger partial charge in [0.05, 0.1) is 18.1 Å². The van der Waals surface area contributed by atoms with Crippen LogP contribution in [0.15, 0.2) is 30.3 Å². The summed E-state index contributed by atoms with van der Waals surface area (Å²) >= 11 is 0. The zero-order chi connectivity index (χ0) is 17.5. The molecule has 3 unspecified atom stereocenters. The van der Waals surface area contributed by atoms with Gasteiger partial charge in [0.15, 0.2) is 0 Å². The van der Waals surface area contributed by atoms with E-state index in [9.17, 15) is 14.7 Å². The lowest BCUT2D eigenvalue weighted by molar-refractivity contribution is -0.124. The van der Waals surface area contributed by atoms with Crippen molar-refractivity contribution in [3.05, 3.63) is 35.9 Å². The van der Waals surface area contributed by atoms with Crippen LogP contribution in [0.2, 0.25) is 0 Å². The van der Waals surface area contributed by atoms with Crippen LogP contribution in [0.1, 0.15) is 52.1 Å². The molecule has 128 valence electrons. The van der Waals surface area contributed by atoms with Crippen molar-refractivity contribution in [1.82, 2.24) is 10.6 Å². The van der Waals surface area contributed by atoms with E-state index < -0.39 is 5.60 Å². The molecule has 5 heteroatoms. The van der Waals surface area contributed by atoms with E-state index in [1.165, 1.54) is 6.92 Å². The number of aliphatic hydroxyl groups is 1. The summed E-state index contributed by atoms with van der Waals surface area (Å²) in [6, 6.07) is 9.01. The first kappa shape index (κ1) is 19.2. The fourth-order valence-corrected chi connectivity index (χ4v) is 2.33. The molecule has 0 radical (unpaired) electrons. The third kappa shape index (κ3) is 6.40. The first-order chi connectivity index (χ1) is 10.8. The molecule has 0 bridgehead atoms. The van der Waals surface area contributed by atoms with E-state index in [2.05, 4.69) is 10.6 Å². The summed E-state index contributed by atoms with van der Waals surface area (Å²) in [7, 11) is 0. The topological polar surface area (TPSA) is 78.4 Å². The second kappa shape index (κ2) is 8.67. The lowest BCUT2D eigenvalue weighted by atomic mass is 9.88. The summed E-state index contributed by atoms with van der Waals surface area (Å²) in [4.78, 5) is 23.6. The molecule has 0 aliphatic heterocycles. The molecule has 0 saturated carbocycles. The number of benzene rings is 1. The monoisotopic (exact) mass is 320 g/mol. The largest absolute Gasteiger partial charge is 0.388 e. The molecule has 0 heterocycles. The summed E-state index contributed by atoms with van der Waals surface area (Å²) in [5.41, 5.74) is -0.0627. The van der Waals surface area contributed by atoms with Crippen LogP contribution in [-0.2, 0) is 9.59 Å². The molecular formula is C18H28N2O3. The highest BCUT2D eigenvalue weighted by Crippen LogP contribution is 2.20. The lowest BCUT2D eigenvalue weighted by Gasteiger charge is -2.30. The predicted molar refractivity (Wildman–Crippen MR) is 90.7 cm³/mol. The predicted octanol–water partition coefficient (Wildman–Crippen LogP) is 2.17. The van der Waals surface area contributed by atoms with Crippen molar-refractivity contribution in [2.75, 3.05) is 6.54 Å². The van der Waals surface area contributed by atoms with Gasteiger partial charge in [-0.3, -0.25) is 9.59 Å². The van der Waals surface area contributed by atoms with Gasteiger partial charge >= 0.3 is 0 Å². The Hall–Kier alpha value is -1.88. The van der Waals surface area contributed by atoms with Gasteiger partial charge < -0.3 is 15.7 Å². The van der Waals surface area contributed by atoms with Gasteiger partial charge in [0.1, 0.15) is 0 Å². The molecule has 5 nitrogen and oxygen atoms in total. The highest BCUT2D eigenvalue weighted by atomic mass is 16.3. The number of hydrogen-bond donors (Lipinski definition) is 3. The Labute approximate surface area is 138 Å². The van der Waals surface area contributed by atoms with Gasteiger partial charge in [0, 0.05) is 13.5 Å². The van der Waals surface area contributed by atoms with Crippen molar-refractivity contribution in [3.63, 3.8) is 0 Å². The molecular weight excluding hydrogens is 292 g/mol. The number of amides is 2. The molecule has 0 aliphatic carbocycles. The number of nitrogens with one attached hydrogen (secondary N) is 2. The van der Waals surface area contributed by atoms with Crippen LogP contribution in [0.3, 0.4) is 0 Å². The van der Waals surface area contributed by atoms with Crippen molar-refractivity contribution in [3.8, 4) is 0 Å². The van der Waals surface area contributed by atoms with Gasteiger partial charge in [-0.05, 0) is 18.4 Å². The second-order valence-corrected chi connectivity index (χ2v) is 6.31. The molecule has 1 rings (SSSR count). The zero-order valence-electron chi connectivity index (χ0n) is 14.4. The van der Waals surface area contributed by atoms with Crippen molar-refractivity contribution in [1.29, 1.82) is 0 Å². The number of carbonyl (C=O) groups is 2. The van der Waals surface area contributed by atoms with E-state index in [0.29, 0.717) is 0 Å². The minimum atomic E-state index is -0.944. The number of carbonyl (C=O) groups excluding carboxylic acids is 2. The van der Waals surface area contributed by atoms with E-state index in [1.54, 1.807) is 6.92 Å². The molecule has 0 aliphatic rings. The fraction of sp³-hybridized carbons (Fsp3) is 0.556. The molecule has 3 atom stereocenters. The summed E-state index contributed by atoms with van der Waals surface area (Å²) < 4.78 is 0. The Morgan fingerprint density at radius 3 is 2.39 bits per heavy atom. The van der Waals surface area contributed by atoms with E-state index in [4.69, 9.17) is 0 Å². The maximum absolute atomic E-state index is 12.2. The summed E-state index contributed by atoms with van der Waals surface area (Å²) in [5.74, 6) is -0.294. The van der Waals surface area contributed by atoms with Crippen LogP contribution in [0, 0.1) is 5.92 Å². The van der Waals surface area contributed by atoms with E-state index >= 15 is 0 Å². The van der Waals surface area contributed by atoms with Crippen LogP contribution < -0.4 is 10.6 Å². The van der Waals surface area contributed by atoms with Crippen LogP contribution >= 0.6 is 0 Å². The van der Waals surface area contributed by atoms with Gasteiger partial charge in [-0.25, -0.2) is 0 Å². The molecule has 0 fully saturated rings. The Balaban J connectivity index is 2.66. The van der Waals surface area contributed by atoms with Crippen LogP contribution in [0.5, 0.6) is 0 Å². The SMILES string of the molecule is CCC(C)C(C)(O)CNC(=O)CC(NC(C)=O)c1ccccc1. The molecule has 0 saturated heterocycles. The highest BCUT2D eigenvalue weighted by molar-refractivity contribution is 5.79. The summed E-state index contributed by atoms with van der Waals surface area (Å²) in [6.45, 7) is 7.31. The molecule has 23 heavy (non-hydrogen) atoms. The lowest BCUT2D eigenvalue weighted by Crippen LogP contribution is -2.45. The van der Waals surface area contributed by atoms with Gasteiger partial charge in [-0.2, -0.15) is 0 Å². The van der Waals surface area contributed by atoms with Crippen LogP contribution in [0.4, 0.5) is 0 Å². The maximum atomic E-state index is 12.2. The van der Waals surface area contributed by atoms with E-state index in [0.717, 1.165) is 12.0 Å². The first-order valence-electron chi connectivity index (χ1n) is 8.07. The number of rotatable bonds is 8. The van der Waals surface area contributed by atoms with Gasteiger partial charge in [0.2, 0.25) is 11.8 Å². The Kier molecular flexibility index (Phi) is 7.23. The molecule has 2 amide bonds. The average molecular weight is 320 g/mol. The molecule has 0 spiro atoms. The molecule has 0 aromatic heterocycles. The third-order valence-corrected chi connectivity index (χ3v) is 4.29. The van der Waals surface area contributed by atoms with Gasteiger partial charge in [0.25, 0.3) is 0 Å². The minimum Gasteiger partial charge on any atom is -0.388 e. The van der Waals surface area contributed by atoms with E-state index in [-0.39, 0.29) is 36.7 Å². The molecule has 1 aromatic rings. The second-order valence-electron chi connectivity index (χ2n) is 6.31. The minimum absolute atomic E-state index is 0.0862. The van der Waals surface area contributed by atoms with Gasteiger partial charge in [-0.15, -0.1) is 0 Å². The Bertz CT molecular complexity index is 514. The first-order valence-corrected chi connectivity index (χ1v) is 8.07. The van der Waals surface area contributed by atoms with Crippen molar-refractivity contribution >= 4 is 11.8 Å². The third-order valence-electron chi connectivity index (χ3n) is 4.29. The summed E-state index contributed by atoms with van der Waals surface area (Å²) in [6.07, 6.45) is 0.974. The van der Waals surface area contributed by atoms with Crippen molar-refractivity contribution in [2.24, 2.45) is 5.92 Å². The standard InChI is InChI=1S/C18H28N2O3/c1-5-13(2)18(4,23)12-19-17(22)11-16(20-14(3)21)15-9-7-6-8-10-15/h6-10,13,16,23H,5,11-12H2,1-4H3,(H,19,22)(H,20,21). The average Bonchev–Trinajstić information content (AvgIpc) is 2.52. The quantitative estimate of drug-likeness (QED) is 0.687. The van der Waals surface area contributed by atoms with Gasteiger partial charge in [-0.1, -0.05) is 50.6 Å². The Morgan fingerprint density at radius 1 is 1.26 bits per heavy atom. The zero-order valence-corrected chi connectivity index (χ0v) is 14.4.